The molecule has 0 amide bonds. The maximum atomic E-state index is 6.10. The van der Waals surface area contributed by atoms with Crippen LogP contribution in [0.5, 0.6) is 0 Å². The zero-order valence-corrected chi connectivity index (χ0v) is 15.7. The van der Waals surface area contributed by atoms with Crippen LogP contribution in [0.3, 0.4) is 0 Å². The van der Waals surface area contributed by atoms with Crippen LogP contribution in [0.4, 0.5) is 0 Å². The predicted molar refractivity (Wildman–Crippen MR) is 103 cm³/mol. The second-order valence-electron chi connectivity index (χ2n) is 7.31. The standard InChI is InChI=1S/C23H30O2/c1-4-5-6-18-7-9-20(10-8-18)22-15-25-23(16-24-22)21-13-11-19(12-14-21)17(2)3/h7-14,17,22-23H,4-6,15-16H2,1-3H3/t22-,23+/m1/s1. The van der Waals surface area contributed by atoms with Crippen LogP contribution >= 0.6 is 0 Å². The summed E-state index contributed by atoms with van der Waals surface area (Å²) < 4.78 is 12.2. The third-order valence-electron chi connectivity index (χ3n) is 5.04. The van der Waals surface area contributed by atoms with Gasteiger partial charge in [0.05, 0.1) is 13.2 Å². The molecule has 3 rings (SSSR count). The van der Waals surface area contributed by atoms with E-state index in [1.165, 1.54) is 35.1 Å². The summed E-state index contributed by atoms with van der Waals surface area (Å²) in [6.07, 6.45) is 3.74. The van der Waals surface area contributed by atoms with Crippen molar-refractivity contribution in [2.45, 2.75) is 58.2 Å². The molecule has 0 radical (unpaired) electrons. The Morgan fingerprint density at radius 3 is 1.80 bits per heavy atom. The van der Waals surface area contributed by atoms with E-state index >= 15 is 0 Å². The first-order chi connectivity index (χ1) is 12.2. The number of hydrogen-bond donors (Lipinski definition) is 0. The van der Waals surface area contributed by atoms with Gasteiger partial charge in [0.2, 0.25) is 0 Å². The quantitative estimate of drug-likeness (QED) is 0.645. The first kappa shape index (κ1) is 18.2. The first-order valence-corrected chi connectivity index (χ1v) is 9.59. The zero-order valence-electron chi connectivity index (χ0n) is 15.7. The molecule has 0 saturated carbocycles. The molecular weight excluding hydrogens is 308 g/mol. The smallest absolute Gasteiger partial charge is 0.106 e. The topological polar surface area (TPSA) is 18.5 Å². The minimum absolute atomic E-state index is 0.0429. The van der Waals surface area contributed by atoms with E-state index in [1.54, 1.807) is 0 Å². The van der Waals surface area contributed by atoms with Gasteiger partial charge >= 0.3 is 0 Å². The molecule has 0 unspecified atom stereocenters. The van der Waals surface area contributed by atoms with E-state index in [0.29, 0.717) is 19.1 Å². The van der Waals surface area contributed by atoms with E-state index in [1.807, 2.05) is 0 Å². The van der Waals surface area contributed by atoms with Crippen molar-refractivity contribution >= 4 is 0 Å². The van der Waals surface area contributed by atoms with Gasteiger partial charge in [-0.3, -0.25) is 0 Å². The Labute approximate surface area is 152 Å². The fraction of sp³-hybridized carbons (Fsp3) is 0.478. The predicted octanol–water partition coefficient (Wildman–Crippen LogP) is 5.98. The molecule has 2 atom stereocenters. The summed E-state index contributed by atoms with van der Waals surface area (Å²) >= 11 is 0. The molecule has 1 saturated heterocycles. The number of rotatable bonds is 6. The summed E-state index contributed by atoms with van der Waals surface area (Å²) in [5, 5.41) is 0. The van der Waals surface area contributed by atoms with Crippen LogP contribution in [-0.2, 0) is 15.9 Å². The monoisotopic (exact) mass is 338 g/mol. The van der Waals surface area contributed by atoms with Gasteiger partial charge in [0.25, 0.3) is 0 Å². The molecule has 2 heteroatoms. The maximum Gasteiger partial charge on any atom is 0.106 e. The molecule has 2 aromatic carbocycles. The van der Waals surface area contributed by atoms with Crippen LogP contribution in [0, 0.1) is 0 Å². The lowest BCUT2D eigenvalue weighted by Gasteiger charge is -2.30. The van der Waals surface area contributed by atoms with Gasteiger partial charge < -0.3 is 9.47 Å². The first-order valence-electron chi connectivity index (χ1n) is 9.59. The molecule has 1 aliphatic heterocycles. The van der Waals surface area contributed by atoms with Gasteiger partial charge in [0.15, 0.2) is 0 Å². The molecule has 25 heavy (non-hydrogen) atoms. The van der Waals surface area contributed by atoms with E-state index in [9.17, 15) is 0 Å². The van der Waals surface area contributed by atoms with Crippen LogP contribution in [0.1, 0.15) is 74.0 Å². The SMILES string of the molecule is CCCCc1ccc([C@H]2CO[C@H](c3ccc(C(C)C)cc3)CO2)cc1. The Kier molecular flexibility index (Phi) is 6.28. The van der Waals surface area contributed by atoms with E-state index in [2.05, 4.69) is 69.3 Å². The second kappa shape index (κ2) is 8.64. The van der Waals surface area contributed by atoms with E-state index in [-0.39, 0.29) is 12.2 Å². The fourth-order valence-corrected chi connectivity index (χ4v) is 3.26. The van der Waals surface area contributed by atoms with Crippen molar-refractivity contribution in [3.05, 3.63) is 70.8 Å². The molecule has 0 bridgehead atoms. The lowest BCUT2D eigenvalue weighted by Crippen LogP contribution is -2.25. The Balaban J connectivity index is 1.56. The number of benzene rings is 2. The summed E-state index contributed by atoms with van der Waals surface area (Å²) in [6, 6.07) is 17.6. The van der Waals surface area contributed by atoms with Gasteiger partial charge in [-0.05, 0) is 41.0 Å². The highest BCUT2D eigenvalue weighted by Gasteiger charge is 2.24. The van der Waals surface area contributed by atoms with Crippen LogP contribution in [0.2, 0.25) is 0 Å². The summed E-state index contributed by atoms with van der Waals surface area (Å²) in [4.78, 5) is 0. The largest absolute Gasteiger partial charge is 0.368 e. The molecule has 0 N–H and O–H groups in total. The maximum absolute atomic E-state index is 6.10. The number of hydrogen-bond acceptors (Lipinski definition) is 2. The molecule has 2 aromatic rings. The Bertz CT molecular complexity index is 635. The Morgan fingerprint density at radius 1 is 0.840 bits per heavy atom. The fourth-order valence-electron chi connectivity index (χ4n) is 3.26. The van der Waals surface area contributed by atoms with Crippen molar-refractivity contribution in [1.82, 2.24) is 0 Å². The van der Waals surface area contributed by atoms with Gasteiger partial charge in [0.1, 0.15) is 12.2 Å². The van der Waals surface area contributed by atoms with Crippen LogP contribution in [0.15, 0.2) is 48.5 Å². The third-order valence-corrected chi connectivity index (χ3v) is 5.04. The van der Waals surface area contributed by atoms with Crippen molar-refractivity contribution in [3.8, 4) is 0 Å². The minimum atomic E-state index is 0.0429. The molecule has 134 valence electrons. The highest BCUT2D eigenvalue weighted by Crippen LogP contribution is 2.30. The molecule has 2 nitrogen and oxygen atoms in total. The number of aryl methyl sites for hydroxylation is 1. The summed E-state index contributed by atoms with van der Waals surface area (Å²) in [7, 11) is 0. The van der Waals surface area contributed by atoms with Gasteiger partial charge in [-0.2, -0.15) is 0 Å². The molecule has 0 aromatic heterocycles. The minimum Gasteiger partial charge on any atom is -0.368 e. The molecule has 0 spiro atoms. The Hall–Kier alpha value is -1.64. The molecule has 1 aliphatic rings. The molecule has 1 heterocycles. The lowest BCUT2D eigenvalue weighted by molar-refractivity contribution is -0.137. The van der Waals surface area contributed by atoms with Crippen molar-refractivity contribution in [2.75, 3.05) is 13.2 Å². The third kappa shape index (κ3) is 4.71. The summed E-state index contributed by atoms with van der Waals surface area (Å²) in [5.41, 5.74) is 5.19. The van der Waals surface area contributed by atoms with Crippen molar-refractivity contribution < 1.29 is 9.47 Å². The average Bonchev–Trinajstić information content (AvgIpc) is 2.67. The average molecular weight is 338 g/mol. The second-order valence-corrected chi connectivity index (χ2v) is 7.31. The summed E-state index contributed by atoms with van der Waals surface area (Å²) in [6.45, 7) is 7.89. The van der Waals surface area contributed by atoms with E-state index < -0.39 is 0 Å². The highest BCUT2D eigenvalue weighted by molar-refractivity contribution is 5.27. The molecular formula is C23H30O2. The van der Waals surface area contributed by atoms with Crippen molar-refractivity contribution in [2.24, 2.45) is 0 Å². The number of ether oxygens (including phenoxy) is 2. The number of unbranched alkanes of at least 4 members (excludes halogenated alkanes) is 1. The van der Waals surface area contributed by atoms with Gasteiger partial charge in [0, 0.05) is 0 Å². The highest BCUT2D eigenvalue weighted by atomic mass is 16.6. The Morgan fingerprint density at radius 2 is 1.36 bits per heavy atom. The van der Waals surface area contributed by atoms with Crippen LogP contribution in [0.25, 0.3) is 0 Å². The zero-order chi connectivity index (χ0) is 17.6. The van der Waals surface area contributed by atoms with Gasteiger partial charge in [-0.1, -0.05) is 75.7 Å². The van der Waals surface area contributed by atoms with Crippen molar-refractivity contribution in [3.63, 3.8) is 0 Å². The van der Waals surface area contributed by atoms with Gasteiger partial charge in [-0.25, -0.2) is 0 Å². The molecule has 1 fully saturated rings. The van der Waals surface area contributed by atoms with E-state index in [0.717, 1.165) is 6.42 Å². The molecule has 0 aliphatic carbocycles. The van der Waals surface area contributed by atoms with Crippen LogP contribution < -0.4 is 0 Å². The summed E-state index contributed by atoms with van der Waals surface area (Å²) in [5.74, 6) is 0.558. The lowest BCUT2D eigenvalue weighted by atomic mass is 9.99. The van der Waals surface area contributed by atoms with Crippen LogP contribution in [-0.4, -0.2) is 13.2 Å². The van der Waals surface area contributed by atoms with Gasteiger partial charge in [-0.15, -0.1) is 0 Å². The normalized spacial score (nSPS) is 20.8. The van der Waals surface area contributed by atoms with E-state index in [4.69, 9.17) is 9.47 Å². The van der Waals surface area contributed by atoms with Crippen molar-refractivity contribution in [1.29, 1.82) is 0 Å².